The molecule has 1 fully saturated rings. The number of carbonyl (C=O) groups excluding carboxylic acids is 1. The van der Waals surface area contributed by atoms with E-state index in [4.69, 9.17) is 27.7 Å². The molecule has 150 valence electrons. The van der Waals surface area contributed by atoms with Gasteiger partial charge in [-0.05, 0) is 42.0 Å². The Morgan fingerprint density at radius 3 is 2.41 bits per heavy atom. The molecule has 0 atom stereocenters. The Hall–Kier alpha value is -2.41. The van der Waals surface area contributed by atoms with E-state index in [1.54, 1.807) is 29.2 Å². The van der Waals surface area contributed by atoms with Crippen molar-refractivity contribution in [2.75, 3.05) is 26.2 Å². The molecule has 0 aliphatic carbocycles. The maximum absolute atomic E-state index is 13.1. The Bertz CT molecular complexity index is 1020. The average Bonchev–Trinajstić information content (AvgIpc) is 3.21. The van der Waals surface area contributed by atoms with Crippen LogP contribution in [0.3, 0.4) is 0 Å². The van der Waals surface area contributed by atoms with Crippen LogP contribution in [0.2, 0.25) is 10.0 Å². The summed E-state index contributed by atoms with van der Waals surface area (Å²) in [6, 6.07) is 13.1. The van der Waals surface area contributed by atoms with Gasteiger partial charge >= 0.3 is 0 Å². The smallest absolute Gasteiger partial charge is 0.276 e. The van der Waals surface area contributed by atoms with E-state index in [0.29, 0.717) is 34.5 Å². The van der Waals surface area contributed by atoms with Crippen molar-refractivity contribution in [3.63, 3.8) is 0 Å². The number of amides is 1. The van der Waals surface area contributed by atoms with Crippen LogP contribution in [-0.4, -0.2) is 47.0 Å². The molecule has 29 heavy (non-hydrogen) atoms. The molecule has 1 aliphatic heterocycles. The fourth-order valence-corrected chi connectivity index (χ4v) is 3.61. The van der Waals surface area contributed by atoms with Crippen molar-refractivity contribution in [1.82, 2.24) is 15.0 Å². The van der Waals surface area contributed by atoms with E-state index in [-0.39, 0.29) is 17.4 Å². The number of rotatable bonds is 4. The first-order chi connectivity index (χ1) is 14.0. The lowest BCUT2D eigenvalue weighted by molar-refractivity contribution is 0.0618. The highest BCUT2D eigenvalue weighted by atomic mass is 35.5. The second-order valence-corrected chi connectivity index (χ2v) is 7.71. The van der Waals surface area contributed by atoms with Gasteiger partial charge < -0.3 is 9.42 Å². The van der Waals surface area contributed by atoms with Gasteiger partial charge in [0.1, 0.15) is 5.82 Å². The Balaban J connectivity index is 1.35. The van der Waals surface area contributed by atoms with E-state index in [9.17, 15) is 9.18 Å². The van der Waals surface area contributed by atoms with Gasteiger partial charge in [-0.25, -0.2) is 4.39 Å². The van der Waals surface area contributed by atoms with Gasteiger partial charge in [-0.3, -0.25) is 9.69 Å². The zero-order chi connectivity index (χ0) is 20.4. The first-order valence-electron chi connectivity index (χ1n) is 9.18. The van der Waals surface area contributed by atoms with Crippen molar-refractivity contribution in [2.45, 2.75) is 6.54 Å². The SMILES string of the molecule is O=C(c1cc(-c2ccc(F)cc2)on1)N1CCN(Cc2ccc(Cl)c(Cl)c2)CC1. The maximum Gasteiger partial charge on any atom is 0.276 e. The largest absolute Gasteiger partial charge is 0.355 e. The molecule has 0 N–H and O–H groups in total. The van der Waals surface area contributed by atoms with Crippen LogP contribution < -0.4 is 0 Å². The molecule has 8 heteroatoms. The molecule has 1 aromatic heterocycles. The molecule has 2 aromatic carbocycles. The van der Waals surface area contributed by atoms with Gasteiger partial charge in [0.2, 0.25) is 0 Å². The van der Waals surface area contributed by atoms with Gasteiger partial charge in [-0.15, -0.1) is 0 Å². The Morgan fingerprint density at radius 1 is 1.00 bits per heavy atom. The monoisotopic (exact) mass is 433 g/mol. The lowest BCUT2D eigenvalue weighted by atomic mass is 10.1. The standard InChI is InChI=1S/C21H18Cl2FN3O2/c22-17-6-1-14(11-18(17)23)13-26-7-9-27(10-8-26)21(28)19-12-20(29-25-19)15-2-4-16(24)5-3-15/h1-6,11-12H,7-10,13H2. The van der Waals surface area contributed by atoms with Crippen molar-refractivity contribution in [1.29, 1.82) is 0 Å². The molecule has 4 rings (SSSR count). The van der Waals surface area contributed by atoms with E-state index in [2.05, 4.69) is 10.1 Å². The fourth-order valence-electron chi connectivity index (χ4n) is 3.29. The second kappa shape index (κ2) is 8.53. The van der Waals surface area contributed by atoms with Crippen LogP contribution in [0.1, 0.15) is 16.1 Å². The first-order valence-corrected chi connectivity index (χ1v) is 9.93. The predicted molar refractivity (Wildman–Crippen MR) is 110 cm³/mol. The predicted octanol–water partition coefficient (Wildman–Crippen LogP) is 4.75. The minimum Gasteiger partial charge on any atom is -0.355 e. The third kappa shape index (κ3) is 4.61. The minimum absolute atomic E-state index is 0.170. The Kier molecular flexibility index (Phi) is 5.85. The molecule has 1 saturated heterocycles. The van der Waals surface area contributed by atoms with Gasteiger partial charge in [0.05, 0.1) is 10.0 Å². The van der Waals surface area contributed by atoms with E-state index in [1.165, 1.54) is 12.1 Å². The summed E-state index contributed by atoms with van der Waals surface area (Å²) in [6.45, 7) is 3.43. The molecule has 1 aliphatic rings. The number of aromatic nitrogens is 1. The van der Waals surface area contributed by atoms with Gasteiger partial charge in [0.15, 0.2) is 11.5 Å². The topological polar surface area (TPSA) is 49.6 Å². The minimum atomic E-state index is -0.330. The number of piperazine rings is 1. The summed E-state index contributed by atoms with van der Waals surface area (Å²) in [5.41, 5.74) is 2.01. The number of halogens is 3. The molecular formula is C21H18Cl2FN3O2. The van der Waals surface area contributed by atoms with E-state index < -0.39 is 0 Å². The molecule has 0 saturated carbocycles. The summed E-state index contributed by atoms with van der Waals surface area (Å²) in [5, 5.41) is 4.98. The van der Waals surface area contributed by atoms with Crippen LogP contribution in [0, 0.1) is 5.82 Å². The van der Waals surface area contributed by atoms with Crippen LogP contribution >= 0.6 is 23.2 Å². The summed E-state index contributed by atoms with van der Waals surface area (Å²) in [5.74, 6) is -0.0637. The van der Waals surface area contributed by atoms with Crippen LogP contribution in [0.15, 0.2) is 53.1 Å². The lowest BCUT2D eigenvalue weighted by Crippen LogP contribution is -2.48. The van der Waals surface area contributed by atoms with Gasteiger partial charge in [-0.1, -0.05) is 34.4 Å². The quantitative estimate of drug-likeness (QED) is 0.595. The molecule has 0 spiro atoms. The zero-order valence-electron chi connectivity index (χ0n) is 15.4. The number of benzene rings is 2. The number of nitrogens with zero attached hydrogens (tertiary/aromatic N) is 3. The molecule has 3 aromatic rings. The highest BCUT2D eigenvalue weighted by Crippen LogP contribution is 2.24. The normalized spacial score (nSPS) is 14.9. The summed E-state index contributed by atoms with van der Waals surface area (Å²) in [7, 11) is 0. The highest BCUT2D eigenvalue weighted by Gasteiger charge is 2.25. The Labute approximate surface area is 177 Å². The second-order valence-electron chi connectivity index (χ2n) is 6.90. The number of carbonyl (C=O) groups is 1. The van der Waals surface area contributed by atoms with Crippen LogP contribution in [0.25, 0.3) is 11.3 Å². The summed E-state index contributed by atoms with van der Waals surface area (Å²) in [4.78, 5) is 16.8. The first kappa shape index (κ1) is 19.9. The lowest BCUT2D eigenvalue weighted by Gasteiger charge is -2.34. The molecule has 0 unspecified atom stereocenters. The Morgan fingerprint density at radius 2 is 1.72 bits per heavy atom. The fraction of sp³-hybridized carbons (Fsp3) is 0.238. The van der Waals surface area contributed by atoms with Crippen molar-refractivity contribution in [3.05, 3.63) is 75.7 Å². The summed E-state index contributed by atoms with van der Waals surface area (Å²) >= 11 is 12.0. The number of hydrogen-bond donors (Lipinski definition) is 0. The van der Waals surface area contributed by atoms with E-state index in [0.717, 1.165) is 25.2 Å². The molecular weight excluding hydrogens is 416 g/mol. The van der Waals surface area contributed by atoms with E-state index >= 15 is 0 Å². The molecule has 1 amide bonds. The van der Waals surface area contributed by atoms with Crippen LogP contribution in [-0.2, 0) is 6.54 Å². The number of hydrogen-bond acceptors (Lipinski definition) is 4. The van der Waals surface area contributed by atoms with Gasteiger partial charge in [0.25, 0.3) is 5.91 Å². The van der Waals surface area contributed by atoms with Gasteiger partial charge in [0, 0.05) is 44.4 Å². The van der Waals surface area contributed by atoms with Gasteiger partial charge in [-0.2, -0.15) is 0 Å². The van der Waals surface area contributed by atoms with Crippen LogP contribution in [0.4, 0.5) is 4.39 Å². The molecule has 0 bridgehead atoms. The van der Waals surface area contributed by atoms with E-state index in [1.807, 2.05) is 12.1 Å². The third-order valence-corrected chi connectivity index (χ3v) is 5.65. The summed E-state index contributed by atoms with van der Waals surface area (Å²) in [6.07, 6.45) is 0. The van der Waals surface area contributed by atoms with Crippen LogP contribution in [0.5, 0.6) is 0 Å². The van der Waals surface area contributed by atoms with Crippen molar-refractivity contribution in [2.24, 2.45) is 0 Å². The highest BCUT2D eigenvalue weighted by molar-refractivity contribution is 6.42. The third-order valence-electron chi connectivity index (χ3n) is 4.91. The maximum atomic E-state index is 13.1. The molecule has 5 nitrogen and oxygen atoms in total. The van der Waals surface area contributed by atoms with Crippen molar-refractivity contribution < 1.29 is 13.7 Å². The molecule has 0 radical (unpaired) electrons. The molecule has 2 heterocycles. The average molecular weight is 434 g/mol. The van der Waals surface area contributed by atoms with Crippen molar-refractivity contribution >= 4 is 29.1 Å². The zero-order valence-corrected chi connectivity index (χ0v) is 17.0. The van der Waals surface area contributed by atoms with Crippen molar-refractivity contribution in [3.8, 4) is 11.3 Å². The summed E-state index contributed by atoms with van der Waals surface area (Å²) < 4.78 is 18.3.